The third-order valence-electron chi connectivity index (χ3n) is 2.46. The Morgan fingerprint density at radius 3 is 2.58 bits per heavy atom. The Hall–Kier alpha value is -1.51. The molecular weight excluding hydrogens is 273 g/mol. The molecule has 19 heavy (non-hydrogen) atoms. The van der Waals surface area contributed by atoms with E-state index in [9.17, 15) is 17.6 Å². The molecule has 0 aliphatic rings. The molecule has 0 aliphatic carbocycles. The van der Waals surface area contributed by atoms with Gasteiger partial charge >= 0.3 is 0 Å². The van der Waals surface area contributed by atoms with Crippen molar-refractivity contribution in [2.24, 2.45) is 5.73 Å². The molecule has 0 heterocycles. The number of benzene rings is 1. The van der Waals surface area contributed by atoms with Gasteiger partial charge in [0.1, 0.15) is 5.82 Å². The van der Waals surface area contributed by atoms with Gasteiger partial charge in [0.2, 0.25) is 15.9 Å². The second kappa shape index (κ2) is 6.09. The molecule has 106 valence electrons. The lowest BCUT2D eigenvalue weighted by molar-refractivity contribution is -0.127. The van der Waals surface area contributed by atoms with Gasteiger partial charge in [-0.05, 0) is 18.2 Å². The van der Waals surface area contributed by atoms with Crippen molar-refractivity contribution in [3.05, 3.63) is 29.6 Å². The second-order valence-electron chi connectivity index (χ2n) is 4.07. The van der Waals surface area contributed by atoms with Gasteiger partial charge in [-0.3, -0.25) is 4.79 Å². The number of amides is 1. The van der Waals surface area contributed by atoms with Gasteiger partial charge in [-0.25, -0.2) is 17.5 Å². The van der Waals surface area contributed by atoms with E-state index in [4.69, 9.17) is 5.73 Å². The predicted molar refractivity (Wildman–Crippen MR) is 68.2 cm³/mol. The Kier molecular flexibility index (Phi) is 4.98. The number of sulfonamides is 1. The molecule has 0 aliphatic heterocycles. The summed E-state index contributed by atoms with van der Waals surface area (Å²) in [6.45, 7) is -0.462. The average molecular weight is 289 g/mol. The fourth-order valence-corrected chi connectivity index (χ4v) is 2.30. The summed E-state index contributed by atoms with van der Waals surface area (Å²) in [5, 5.41) is 0. The van der Waals surface area contributed by atoms with Gasteiger partial charge in [-0.15, -0.1) is 0 Å². The van der Waals surface area contributed by atoms with E-state index in [0.717, 1.165) is 18.2 Å². The van der Waals surface area contributed by atoms with Crippen molar-refractivity contribution < 1.29 is 17.6 Å². The highest BCUT2D eigenvalue weighted by Gasteiger charge is 2.17. The third kappa shape index (κ3) is 3.98. The monoisotopic (exact) mass is 289 g/mol. The number of halogens is 1. The van der Waals surface area contributed by atoms with Crippen LogP contribution in [0.25, 0.3) is 0 Å². The van der Waals surface area contributed by atoms with Crippen LogP contribution in [0.4, 0.5) is 4.39 Å². The fourth-order valence-electron chi connectivity index (χ4n) is 1.27. The molecule has 8 heteroatoms. The molecule has 1 amide bonds. The summed E-state index contributed by atoms with van der Waals surface area (Å²) in [6, 6.07) is 3.30. The van der Waals surface area contributed by atoms with Crippen molar-refractivity contribution in [2.45, 2.75) is 11.4 Å². The lowest BCUT2D eigenvalue weighted by atomic mass is 10.2. The van der Waals surface area contributed by atoms with Crippen LogP contribution in [0.2, 0.25) is 0 Å². The number of likely N-dealkylation sites (N-methyl/N-ethyl adjacent to an activating group) is 1. The number of nitrogens with one attached hydrogen (secondary N) is 1. The first kappa shape index (κ1) is 15.5. The maximum Gasteiger partial charge on any atom is 0.241 e. The van der Waals surface area contributed by atoms with E-state index in [-0.39, 0.29) is 29.5 Å². The Morgan fingerprint density at radius 2 is 2.05 bits per heavy atom. The SMILES string of the molecule is CN(C)C(=O)CNS(=O)(=O)c1ccc(F)c(CN)c1. The van der Waals surface area contributed by atoms with Crippen LogP contribution in [0.3, 0.4) is 0 Å². The van der Waals surface area contributed by atoms with Crippen LogP contribution in [0.1, 0.15) is 5.56 Å². The van der Waals surface area contributed by atoms with Crippen LogP contribution in [0, 0.1) is 5.82 Å². The van der Waals surface area contributed by atoms with Gasteiger partial charge in [-0.1, -0.05) is 0 Å². The summed E-state index contributed by atoms with van der Waals surface area (Å²) in [7, 11) is -0.828. The Bertz CT molecular complexity index is 573. The number of rotatable bonds is 5. The summed E-state index contributed by atoms with van der Waals surface area (Å²) in [5.41, 5.74) is 5.41. The zero-order valence-corrected chi connectivity index (χ0v) is 11.5. The fraction of sp³-hybridized carbons (Fsp3) is 0.364. The van der Waals surface area contributed by atoms with Crippen LogP contribution < -0.4 is 10.5 Å². The molecule has 0 radical (unpaired) electrons. The van der Waals surface area contributed by atoms with Gasteiger partial charge in [0, 0.05) is 26.2 Å². The highest BCUT2D eigenvalue weighted by Crippen LogP contribution is 2.14. The second-order valence-corrected chi connectivity index (χ2v) is 5.84. The van der Waals surface area contributed by atoms with Crippen molar-refractivity contribution in [1.29, 1.82) is 0 Å². The number of nitrogens with two attached hydrogens (primary N) is 1. The molecule has 0 bridgehead atoms. The van der Waals surface area contributed by atoms with Gasteiger partial charge < -0.3 is 10.6 Å². The molecule has 0 fully saturated rings. The van der Waals surface area contributed by atoms with E-state index in [1.165, 1.54) is 19.0 Å². The zero-order valence-electron chi connectivity index (χ0n) is 10.7. The zero-order chi connectivity index (χ0) is 14.6. The Labute approximate surface area is 111 Å². The third-order valence-corrected chi connectivity index (χ3v) is 3.86. The Morgan fingerprint density at radius 1 is 1.42 bits per heavy atom. The summed E-state index contributed by atoms with van der Waals surface area (Å²) < 4.78 is 39.2. The van der Waals surface area contributed by atoms with Crippen LogP contribution in [0.5, 0.6) is 0 Å². The number of hydrogen-bond donors (Lipinski definition) is 2. The minimum Gasteiger partial charge on any atom is -0.348 e. The van der Waals surface area contributed by atoms with Gasteiger partial charge in [0.25, 0.3) is 0 Å². The molecule has 3 N–H and O–H groups in total. The first-order valence-corrected chi connectivity index (χ1v) is 6.94. The number of carbonyl (C=O) groups excluding carboxylic acids is 1. The summed E-state index contributed by atoms with van der Waals surface area (Å²) in [6.07, 6.45) is 0. The Balaban J connectivity index is 2.92. The largest absolute Gasteiger partial charge is 0.348 e. The summed E-state index contributed by atoms with van der Waals surface area (Å²) in [4.78, 5) is 12.5. The quantitative estimate of drug-likeness (QED) is 0.775. The summed E-state index contributed by atoms with van der Waals surface area (Å²) in [5.74, 6) is -0.949. The normalized spacial score (nSPS) is 11.4. The van der Waals surface area contributed by atoms with Crippen molar-refractivity contribution in [2.75, 3.05) is 20.6 Å². The molecule has 1 rings (SSSR count). The molecular formula is C11H16FN3O3S. The molecule has 0 spiro atoms. The van der Waals surface area contributed by atoms with Crippen LogP contribution in [0.15, 0.2) is 23.1 Å². The highest BCUT2D eigenvalue weighted by molar-refractivity contribution is 7.89. The standard InChI is InChI=1S/C11H16FN3O3S/c1-15(2)11(16)7-14-19(17,18)9-3-4-10(12)8(5-9)6-13/h3-5,14H,6-7,13H2,1-2H3. The molecule has 1 aromatic rings. The van der Waals surface area contributed by atoms with E-state index in [1.807, 2.05) is 0 Å². The maximum absolute atomic E-state index is 13.2. The first-order chi connectivity index (χ1) is 8.77. The lowest BCUT2D eigenvalue weighted by Crippen LogP contribution is -2.36. The lowest BCUT2D eigenvalue weighted by Gasteiger charge is -2.12. The first-order valence-electron chi connectivity index (χ1n) is 5.46. The predicted octanol–water partition coefficient (Wildman–Crippen LogP) is -0.349. The van der Waals surface area contributed by atoms with Crippen LogP contribution in [-0.4, -0.2) is 39.9 Å². The number of hydrogen-bond acceptors (Lipinski definition) is 4. The van der Waals surface area contributed by atoms with Gasteiger partial charge in [-0.2, -0.15) is 0 Å². The highest BCUT2D eigenvalue weighted by atomic mass is 32.2. The molecule has 0 aromatic heterocycles. The van der Waals surface area contributed by atoms with Crippen LogP contribution in [-0.2, 0) is 21.4 Å². The summed E-state index contributed by atoms with van der Waals surface area (Å²) >= 11 is 0. The van der Waals surface area contributed by atoms with E-state index in [0.29, 0.717) is 0 Å². The van der Waals surface area contributed by atoms with E-state index >= 15 is 0 Å². The van der Waals surface area contributed by atoms with Crippen molar-refractivity contribution >= 4 is 15.9 Å². The molecule has 0 saturated carbocycles. The molecule has 0 unspecified atom stereocenters. The molecule has 6 nitrogen and oxygen atoms in total. The smallest absolute Gasteiger partial charge is 0.241 e. The van der Waals surface area contributed by atoms with Crippen molar-refractivity contribution in [3.8, 4) is 0 Å². The van der Waals surface area contributed by atoms with E-state index in [2.05, 4.69) is 4.72 Å². The van der Waals surface area contributed by atoms with Crippen molar-refractivity contribution in [3.63, 3.8) is 0 Å². The van der Waals surface area contributed by atoms with Crippen LogP contribution >= 0.6 is 0 Å². The van der Waals surface area contributed by atoms with E-state index < -0.39 is 15.8 Å². The van der Waals surface area contributed by atoms with Gasteiger partial charge in [0.15, 0.2) is 0 Å². The molecule has 0 atom stereocenters. The number of nitrogens with zero attached hydrogens (tertiary/aromatic N) is 1. The average Bonchev–Trinajstić information content (AvgIpc) is 2.36. The minimum absolute atomic E-state index is 0.0989. The molecule has 1 aromatic carbocycles. The maximum atomic E-state index is 13.2. The van der Waals surface area contributed by atoms with E-state index in [1.54, 1.807) is 0 Å². The van der Waals surface area contributed by atoms with Gasteiger partial charge in [0.05, 0.1) is 11.4 Å². The van der Waals surface area contributed by atoms with Crippen molar-refractivity contribution in [1.82, 2.24) is 9.62 Å². The molecule has 0 saturated heterocycles. The topological polar surface area (TPSA) is 92.5 Å². The number of carbonyl (C=O) groups is 1. The minimum atomic E-state index is -3.86.